The summed E-state index contributed by atoms with van der Waals surface area (Å²) in [5.74, 6) is 0.558. The Balaban J connectivity index is 1.48. The molecule has 2 aliphatic rings. The molecule has 0 radical (unpaired) electrons. The summed E-state index contributed by atoms with van der Waals surface area (Å²) in [7, 11) is 1.71. The summed E-state index contributed by atoms with van der Waals surface area (Å²) in [4.78, 5) is 18.2. The van der Waals surface area contributed by atoms with Gasteiger partial charge in [-0.15, -0.1) is 0 Å². The standard InChI is InChI=1S/C31H39ClN2O4/c1-21-24-18-27(32)29(35)26(30(24)38-31(36)25(21)17-22-9-4-3-5-10-22)20-33(15-16-37-2)19-23-11-8-14-34-13-7-6-12-28(23)34/h3-5,9-10,18,23,28,35H,6-8,11-17,19-20H2,1-2H3/t23-,28+/m0/s1. The summed E-state index contributed by atoms with van der Waals surface area (Å²) in [6.07, 6.45) is 6.77. The van der Waals surface area contributed by atoms with Crippen LogP contribution >= 0.6 is 11.6 Å². The molecule has 5 rings (SSSR count). The molecule has 7 heteroatoms. The lowest BCUT2D eigenvalue weighted by Crippen LogP contribution is -2.51. The number of aromatic hydroxyl groups is 1. The zero-order chi connectivity index (χ0) is 26.6. The Morgan fingerprint density at radius 1 is 1.13 bits per heavy atom. The van der Waals surface area contributed by atoms with Crippen molar-refractivity contribution in [1.82, 2.24) is 9.80 Å². The average Bonchev–Trinajstić information content (AvgIpc) is 2.93. The quantitative estimate of drug-likeness (QED) is 0.349. The lowest BCUT2D eigenvalue weighted by Gasteiger charge is -2.45. The maximum Gasteiger partial charge on any atom is 0.340 e. The van der Waals surface area contributed by atoms with Crippen LogP contribution in [-0.4, -0.2) is 60.8 Å². The van der Waals surface area contributed by atoms with Gasteiger partial charge in [0.2, 0.25) is 0 Å². The smallest absolute Gasteiger partial charge is 0.340 e. The predicted octanol–water partition coefficient (Wildman–Crippen LogP) is 5.76. The third kappa shape index (κ3) is 5.79. The number of ether oxygens (including phenoxy) is 1. The number of methoxy groups -OCH3 is 1. The van der Waals surface area contributed by atoms with Crippen molar-refractivity contribution in [2.24, 2.45) is 5.92 Å². The highest BCUT2D eigenvalue weighted by Crippen LogP contribution is 2.38. The van der Waals surface area contributed by atoms with Gasteiger partial charge in [0.15, 0.2) is 0 Å². The number of nitrogens with zero attached hydrogens (tertiary/aromatic N) is 2. The van der Waals surface area contributed by atoms with Crippen LogP contribution in [0.15, 0.2) is 45.6 Å². The van der Waals surface area contributed by atoms with Crippen molar-refractivity contribution >= 4 is 22.6 Å². The summed E-state index contributed by atoms with van der Waals surface area (Å²) in [5.41, 5.74) is 3.14. The van der Waals surface area contributed by atoms with E-state index in [4.69, 9.17) is 20.8 Å². The molecule has 0 unspecified atom stereocenters. The molecule has 38 heavy (non-hydrogen) atoms. The second-order valence-corrected chi connectivity index (χ2v) is 11.4. The van der Waals surface area contributed by atoms with Gasteiger partial charge in [-0.3, -0.25) is 4.90 Å². The molecule has 3 aromatic rings. The first-order valence-electron chi connectivity index (χ1n) is 13.9. The van der Waals surface area contributed by atoms with Gasteiger partial charge in [-0.2, -0.15) is 0 Å². The number of aryl methyl sites for hydroxylation is 1. The van der Waals surface area contributed by atoms with E-state index in [9.17, 15) is 9.90 Å². The van der Waals surface area contributed by atoms with E-state index in [1.54, 1.807) is 13.2 Å². The summed E-state index contributed by atoms with van der Waals surface area (Å²) < 4.78 is 11.4. The highest BCUT2D eigenvalue weighted by atomic mass is 35.5. The lowest BCUT2D eigenvalue weighted by molar-refractivity contribution is 0.0335. The van der Waals surface area contributed by atoms with Crippen molar-refractivity contribution in [2.45, 2.75) is 58.0 Å². The zero-order valence-corrected chi connectivity index (χ0v) is 23.3. The summed E-state index contributed by atoms with van der Waals surface area (Å²) >= 11 is 6.57. The Morgan fingerprint density at radius 2 is 1.92 bits per heavy atom. The number of phenolic OH excluding ortho intramolecular Hbond substituents is 1. The van der Waals surface area contributed by atoms with Gasteiger partial charge in [0.1, 0.15) is 11.3 Å². The zero-order valence-electron chi connectivity index (χ0n) is 22.5. The molecule has 0 spiro atoms. The molecule has 6 nitrogen and oxygen atoms in total. The van der Waals surface area contributed by atoms with E-state index in [2.05, 4.69) is 9.80 Å². The van der Waals surface area contributed by atoms with E-state index in [1.807, 2.05) is 37.3 Å². The van der Waals surface area contributed by atoms with Crippen LogP contribution in [0.5, 0.6) is 5.75 Å². The average molecular weight is 539 g/mol. The Kier molecular flexibility index (Phi) is 8.74. The number of phenols is 1. The Morgan fingerprint density at radius 3 is 2.71 bits per heavy atom. The van der Waals surface area contributed by atoms with Gasteiger partial charge in [0.25, 0.3) is 0 Å². The minimum atomic E-state index is -0.365. The van der Waals surface area contributed by atoms with Crippen LogP contribution in [-0.2, 0) is 17.7 Å². The fourth-order valence-electron chi connectivity index (χ4n) is 6.49. The first-order valence-corrected chi connectivity index (χ1v) is 14.3. The van der Waals surface area contributed by atoms with Crippen LogP contribution in [0, 0.1) is 12.8 Å². The van der Waals surface area contributed by atoms with E-state index in [0.717, 1.165) is 29.6 Å². The van der Waals surface area contributed by atoms with Gasteiger partial charge >= 0.3 is 5.63 Å². The summed E-state index contributed by atoms with van der Waals surface area (Å²) in [6, 6.07) is 12.2. The maximum absolute atomic E-state index is 13.2. The van der Waals surface area contributed by atoms with Crippen LogP contribution < -0.4 is 5.63 Å². The minimum absolute atomic E-state index is 0.0112. The molecular formula is C31H39ClN2O4. The number of fused-ring (bicyclic) bond motifs is 2. The molecule has 1 N–H and O–H groups in total. The maximum atomic E-state index is 13.2. The van der Waals surface area contributed by atoms with Crippen LogP contribution in [0.25, 0.3) is 11.0 Å². The van der Waals surface area contributed by atoms with Crippen LogP contribution in [0.1, 0.15) is 54.4 Å². The van der Waals surface area contributed by atoms with Gasteiger partial charge in [0, 0.05) is 50.2 Å². The Bertz CT molecular complexity index is 1310. The van der Waals surface area contributed by atoms with E-state index >= 15 is 0 Å². The number of rotatable bonds is 9. The van der Waals surface area contributed by atoms with E-state index in [1.165, 1.54) is 45.2 Å². The highest BCUT2D eigenvalue weighted by molar-refractivity contribution is 6.33. The molecule has 2 aromatic carbocycles. The second kappa shape index (κ2) is 12.2. The molecule has 0 aliphatic carbocycles. The molecule has 2 fully saturated rings. The van der Waals surface area contributed by atoms with Crippen molar-refractivity contribution in [3.05, 3.63) is 74.1 Å². The molecule has 0 saturated carbocycles. The van der Waals surface area contributed by atoms with Crippen molar-refractivity contribution in [3.8, 4) is 5.75 Å². The number of halogens is 1. The number of piperidine rings is 2. The third-order valence-electron chi connectivity index (χ3n) is 8.54. The van der Waals surface area contributed by atoms with Gasteiger partial charge in [0.05, 0.1) is 17.2 Å². The number of hydrogen-bond acceptors (Lipinski definition) is 6. The lowest BCUT2D eigenvalue weighted by atomic mass is 9.83. The van der Waals surface area contributed by atoms with Crippen molar-refractivity contribution in [3.63, 3.8) is 0 Å². The van der Waals surface area contributed by atoms with E-state index in [-0.39, 0.29) is 16.4 Å². The van der Waals surface area contributed by atoms with Gasteiger partial charge in [-0.25, -0.2) is 4.79 Å². The van der Waals surface area contributed by atoms with Gasteiger partial charge in [-0.05, 0) is 68.8 Å². The Labute approximate surface area is 230 Å². The summed E-state index contributed by atoms with van der Waals surface area (Å²) in [6.45, 7) is 7.01. The van der Waals surface area contributed by atoms with Crippen LogP contribution in [0.4, 0.5) is 0 Å². The first-order chi connectivity index (χ1) is 18.5. The van der Waals surface area contributed by atoms with Crippen molar-refractivity contribution in [1.29, 1.82) is 0 Å². The predicted molar refractivity (Wildman–Crippen MR) is 152 cm³/mol. The summed E-state index contributed by atoms with van der Waals surface area (Å²) in [5, 5.41) is 12.1. The topological polar surface area (TPSA) is 66.2 Å². The molecule has 2 saturated heterocycles. The minimum Gasteiger partial charge on any atom is -0.506 e. The monoisotopic (exact) mass is 538 g/mol. The molecule has 2 aliphatic heterocycles. The van der Waals surface area contributed by atoms with Crippen LogP contribution in [0.3, 0.4) is 0 Å². The van der Waals surface area contributed by atoms with E-state index in [0.29, 0.717) is 48.2 Å². The molecule has 0 bridgehead atoms. The number of benzene rings is 2. The normalized spacial score (nSPS) is 20.2. The largest absolute Gasteiger partial charge is 0.506 e. The third-order valence-corrected chi connectivity index (χ3v) is 8.83. The van der Waals surface area contributed by atoms with Crippen LogP contribution in [0.2, 0.25) is 5.02 Å². The van der Waals surface area contributed by atoms with Gasteiger partial charge in [-0.1, -0.05) is 48.4 Å². The second-order valence-electron chi connectivity index (χ2n) is 10.9. The molecule has 3 heterocycles. The van der Waals surface area contributed by atoms with E-state index < -0.39 is 0 Å². The molecule has 2 atom stereocenters. The fourth-order valence-corrected chi connectivity index (χ4v) is 6.72. The van der Waals surface area contributed by atoms with Gasteiger partial charge < -0.3 is 19.2 Å². The molecular weight excluding hydrogens is 500 g/mol. The Hall–Kier alpha value is -2.38. The molecule has 0 amide bonds. The fraction of sp³-hybridized carbons (Fsp3) is 0.516. The van der Waals surface area contributed by atoms with Crippen molar-refractivity contribution < 1.29 is 14.3 Å². The molecule has 204 valence electrons. The highest BCUT2D eigenvalue weighted by Gasteiger charge is 2.34. The molecule has 1 aromatic heterocycles. The van der Waals surface area contributed by atoms with Crippen molar-refractivity contribution in [2.75, 3.05) is 39.9 Å². The SMILES string of the molecule is COCCN(Cc1c(O)c(Cl)cc2c(C)c(Cc3ccccc3)c(=O)oc12)C[C@@H]1CCCN2CCCC[C@H]12. The first kappa shape index (κ1) is 27.2. The number of hydrogen-bond donors (Lipinski definition) is 1.